The van der Waals surface area contributed by atoms with Crippen molar-refractivity contribution in [2.45, 2.75) is 10.7 Å². The predicted octanol–water partition coefficient (Wildman–Crippen LogP) is 2.37. The fraction of sp³-hybridized carbons (Fsp3) is 0.625. The summed E-state index contributed by atoms with van der Waals surface area (Å²) >= 11 is 16.2. The molecule has 0 amide bonds. The highest BCUT2D eigenvalue weighted by molar-refractivity contribution is 6.77. The molecule has 0 heterocycles. The first kappa shape index (κ1) is 13.9. The Hall–Kier alpha value is -0.120. The minimum atomic E-state index is -1.93. The van der Waals surface area contributed by atoms with Crippen molar-refractivity contribution in [1.29, 1.82) is 0 Å². The van der Waals surface area contributed by atoms with Gasteiger partial charge in [0.15, 0.2) is 5.88 Å². The van der Waals surface area contributed by atoms with Gasteiger partial charge in [0.2, 0.25) is 5.78 Å². The Bertz CT molecular complexity index is 233. The minimum Gasteiger partial charge on any atom is -0.479 e. The average Bonchev–Trinajstić information content (AvgIpc) is 2.01. The Morgan fingerprint density at radius 2 is 1.93 bits per heavy atom. The zero-order valence-corrected chi connectivity index (χ0v) is 10.4. The molecule has 0 aromatic heterocycles. The Balaban J connectivity index is 4.66. The SMILES string of the molecule is CCO/C(=C/C(=O)C(Cl)(Cl)Cl)N(C)C. The molecular weight excluding hydrogens is 248 g/mol. The summed E-state index contributed by atoms with van der Waals surface area (Å²) in [5, 5.41) is 0. The molecule has 6 heteroatoms. The number of carbonyl (C=O) groups excluding carboxylic acids is 1. The van der Waals surface area contributed by atoms with E-state index in [1.165, 1.54) is 0 Å². The van der Waals surface area contributed by atoms with E-state index in [1.807, 2.05) is 0 Å². The number of hydrogen-bond acceptors (Lipinski definition) is 3. The number of nitrogens with zero attached hydrogens (tertiary/aromatic N) is 1. The van der Waals surface area contributed by atoms with Crippen LogP contribution in [-0.4, -0.2) is 35.2 Å². The summed E-state index contributed by atoms with van der Waals surface area (Å²) in [6, 6.07) is 0. The number of carbonyl (C=O) groups is 1. The molecule has 0 saturated heterocycles. The van der Waals surface area contributed by atoms with Gasteiger partial charge in [0.1, 0.15) is 0 Å². The minimum absolute atomic E-state index is 0.365. The molecule has 0 rings (SSSR count). The zero-order chi connectivity index (χ0) is 11.4. The monoisotopic (exact) mass is 259 g/mol. The molecule has 0 radical (unpaired) electrons. The second kappa shape index (κ2) is 5.69. The molecule has 0 aliphatic rings. The van der Waals surface area contributed by atoms with Crippen LogP contribution in [0.4, 0.5) is 0 Å². The van der Waals surface area contributed by atoms with E-state index < -0.39 is 9.58 Å². The summed E-state index contributed by atoms with van der Waals surface area (Å²) < 4.78 is 3.23. The maximum atomic E-state index is 11.3. The van der Waals surface area contributed by atoms with E-state index in [4.69, 9.17) is 39.5 Å². The van der Waals surface area contributed by atoms with Gasteiger partial charge in [-0.1, -0.05) is 34.8 Å². The van der Waals surface area contributed by atoms with Crippen LogP contribution in [0.25, 0.3) is 0 Å². The number of hydrogen-bond donors (Lipinski definition) is 0. The molecule has 0 atom stereocenters. The van der Waals surface area contributed by atoms with Crippen LogP contribution in [-0.2, 0) is 9.53 Å². The zero-order valence-electron chi connectivity index (χ0n) is 8.18. The Labute approximate surface area is 98.5 Å². The molecule has 0 bridgehead atoms. The molecule has 14 heavy (non-hydrogen) atoms. The van der Waals surface area contributed by atoms with Crippen molar-refractivity contribution >= 4 is 40.6 Å². The van der Waals surface area contributed by atoms with Gasteiger partial charge in [0, 0.05) is 20.2 Å². The van der Waals surface area contributed by atoms with Crippen molar-refractivity contribution in [1.82, 2.24) is 4.90 Å². The Kier molecular flexibility index (Phi) is 5.64. The Morgan fingerprint density at radius 3 is 2.21 bits per heavy atom. The highest BCUT2D eigenvalue weighted by Gasteiger charge is 2.29. The summed E-state index contributed by atoms with van der Waals surface area (Å²) in [5.41, 5.74) is 0. The summed E-state index contributed by atoms with van der Waals surface area (Å²) in [6.07, 6.45) is 1.16. The first-order valence-electron chi connectivity index (χ1n) is 3.92. The lowest BCUT2D eigenvalue weighted by Gasteiger charge is -2.17. The smallest absolute Gasteiger partial charge is 0.253 e. The van der Waals surface area contributed by atoms with Gasteiger partial charge in [0.25, 0.3) is 3.79 Å². The van der Waals surface area contributed by atoms with Crippen molar-refractivity contribution in [3.8, 4) is 0 Å². The van der Waals surface area contributed by atoms with E-state index in [-0.39, 0.29) is 0 Å². The van der Waals surface area contributed by atoms with Crippen LogP contribution in [0.3, 0.4) is 0 Å². The molecule has 0 aliphatic heterocycles. The number of rotatable bonds is 4. The molecule has 82 valence electrons. The number of alkyl halides is 3. The molecule has 0 unspecified atom stereocenters. The van der Waals surface area contributed by atoms with Crippen LogP contribution in [0.5, 0.6) is 0 Å². The average molecular weight is 261 g/mol. The van der Waals surface area contributed by atoms with E-state index in [0.29, 0.717) is 12.5 Å². The van der Waals surface area contributed by atoms with E-state index in [9.17, 15) is 4.79 Å². The van der Waals surface area contributed by atoms with Gasteiger partial charge < -0.3 is 9.64 Å². The van der Waals surface area contributed by atoms with Gasteiger partial charge in [-0.05, 0) is 6.92 Å². The number of ether oxygens (including phenoxy) is 1. The standard InChI is InChI=1S/C8H12Cl3NO2/c1-4-14-7(12(2)3)5-6(13)8(9,10)11/h5H,4H2,1-3H3/b7-5+. The third kappa shape index (κ3) is 4.94. The first-order chi connectivity index (χ1) is 6.29. The van der Waals surface area contributed by atoms with Crippen molar-refractivity contribution in [3.63, 3.8) is 0 Å². The fourth-order valence-electron chi connectivity index (χ4n) is 0.642. The molecular formula is C8H12Cl3NO2. The molecule has 0 aliphatic carbocycles. The second-order valence-electron chi connectivity index (χ2n) is 2.67. The molecule has 0 aromatic rings. The summed E-state index contributed by atoms with van der Waals surface area (Å²) in [4.78, 5) is 12.9. The fourth-order valence-corrected chi connectivity index (χ4v) is 0.805. The number of allylic oxidation sites excluding steroid dienone is 1. The van der Waals surface area contributed by atoms with Gasteiger partial charge >= 0.3 is 0 Å². The van der Waals surface area contributed by atoms with Crippen molar-refractivity contribution in [2.75, 3.05) is 20.7 Å². The molecule has 0 N–H and O–H groups in total. The predicted molar refractivity (Wildman–Crippen MR) is 58.7 cm³/mol. The summed E-state index contributed by atoms with van der Waals surface area (Å²) in [7, 11) is 3.46. The van der Waals surface area contributed by atoms with Gasteiger partial charge in [-0.2, -0.15) is 0 Å². The maximum absolute atomic E-state index is 11.3. The van der Waals surface area contributed by atoms with Crippen molar-refractivity contribution in [2.24, 2.45) is 0 Å². The topological polar surface area (TPSA) is 29.5 Å². The van der Waals surface area contributed by atoms with Gasteiger partial charge in [-0.3, -0.25) is 4.79 Å². The van der Waals surface area contributed by atoms with E-state index >= 15 is 0 Å². The molecule has 3 nitrogen and oxygen atoms in total. The van der Waals surface area contributed by atoms with Crippen LogP contribution in [0, 0.1) is 0 Å². The van der Waals surface area contributed by atoms with E-state index in [0.717, 1.165) is 6.08 Å². The van der Waals surface area contributed by atoms with Crippen LogP contribution in [0.15, 0.2) is 12.0 Å². The molecule has 0 saturated carbocycles. The lowest BCUT2D eigenvalue weighted by atomic mass is 10.4. The third-order valence-corrected chi connectivity index (χ3v) is 1.83. The summed E-state index contributed by atoms with van der Waals surface area (Å²) in [6.45, 7) is 2.24. The highest BCUT2D eigenvalue weighted by Crippen LogP contribution is 2.28. The van der Waals surface area contributed by atoms with Crippen molar-refractivity contribution in [3.05, 3.63) is 12.0 Å². The Morgan fingerprint density at radius 1 is 1.43 bits per heavy atom. The lowest BCUT2D eigenvalue weighted by Crippen LogP contribution is -2.21. The normalized spacial score (nSPS) is 12.6. The molecule has 0 aromatic carbocycles. The van der Waals surface area contributed by atoms with E-state index in [1.54, 1.807) is 25.9 Å². The third-order valence-electron chi connectivity index (χ3n) is 1.27. The van der Waals surface area contributed by atoms with E-state index in [2.05, 4.69) is 0 Å². The molecule has 0 spiro atoms. The van der Waals surface area contributed by atoms with Gasteiger partial charge in [-0.25, -0.2) is 0 Å². The van der Waals surface area contributed by atoms with Gasteiger partial charge in [0.05, 0.1) is 6.61 Å². The second-order valence-corrected chi connectivity index (χ2v) is 4.95. The van der Waals surface area contributed by atoms with Crippen LogP contribution < -0.4 is 0 Å². The maximum Gasteiger partial charge on any atom is 0.253 e. The highest BCUT2D eigenvalue weighted by atomic mass is 35.6. The van der Waals surface area contributed by atoms with Crippen molar-refractivity contribution < 1.29 is 9.53 Å². The quantitative estimate of drug-likeness (QED) is 0.441. The van der Waals surface area contributed by atoms with Crippen LogP contribution in [0.1, 0.15) is 6.92 Å². The van der Waals surface area contributed by atoms with Gasteiger partial charge in [-0.15, -0.1) is 0 Å². The first-order valence-corrected chi connectivity index (χ1v) is 5.05. The largest absolute Gasteiger partial charge is 0.479 e. The summed E-state index contributed by atoms with van der Waals surface area (Å²) in [5.74, 6) is -0.261. The van der Waals surface area contributed by atoms with Crippen LogP contribution >= 0.6 is 34.8 Å². The lowest BCUT2D eigenvalue weighted by molar-refractivity contribution is -0.114. The van der Waals surface area contributed by atoms with Crippen LogP contribution in [0.2, 0.25) is 0 Å². The number of ketones is 1. The molecule has 0 fully saturated rings. The number of halogens is 3.